The van der Waals surface area contributed by atoms with Gasteiger partial charge in [0.2, 0.25) is 0 Å². The summed E-state index contributed by atoms with van der Waals surface area (Å²) < 4.78 is 0. The summed E-state index contributed by atoms with van der Waals surface area (Å²) in [4.78, 5) is 103. The zero-order valence-corrected chi connectivity index (χ0v) is 21.1. The fraction of sp³-hybridized carbons (Fsp3) is 0. The van der Waals surface area contributed by atoms with Crippen molar-refractivity contribution in [3.05, 3.63) is 0 Å². The van der Waals surface area contributed by atoms with Gasteiger partial charge in [-0.2, -0.15) is 0 Å². The van der Waals surface area contributed by atoms with Crippen molar-refractivity contribution in [1.29, 1.82) is 0 Å². The van der Waals surface area contributed by atoms with Crippen LogP contribution in [-0.2, 0) is 34.1 Å². The molecule has 0 saturated carbocycles. The third-order valence-corrected chi connectivity index (χ3v) is 0. The van der Waals surface area contributed by atoms with Crippen LogP contribution in [0.25, 0.3) is 0 Å². The van der Waals surface area contributed by atoms with E-state index < -0.39 is 27.1 Å². The van der Waals surface area contributed by atoms with Crippen LogP contribution >= 0.6 is 0 Å². The van der Waals surface area contributed by atoms with Crippen molar-refractivity contribution >= 4 is 140 Å². The summed E-state index contributed by atoms with van der Waals surface area (Å²) in [5.74, 6) is 0. The Morgan fingerprint density at radius 1 is 0.300 bits per heavy atom. The van der Waals surface area contributed by atoms with Crippen molar-refractivity contribution in [3.63, 3.8) is 0 Å². The molecule has 0 N–H and O–H groups in total. The maximum absolute atomic E-state index is 8.58. The van der Waals surface area contributed by atoms with Gasteiger partial charge in [0.1, 0.15) is 0 Å². The summed E-state index contributed by atoms with van der Waals surface area (Å²) in [6.45, 7) is 0. The Hall–Kier alpha value is 4.99. The third kappa shape index (κ3) is 447. The van der Waals surface area contributed by atoms with Crippen LogP contribution in [0.1, 0.15) is 0 Å². The van der Waals surface area contributed by atoms with Crippen molar-refractivity contribution in [3.8, 4) is 0 Å². The van der Waals surface area contributed by atoms with E-state index in [1.807, 2.05) is 0 Å². The van der Waals surface area contributed by atoms with Gasteiger partial charge in [-0.3, -0.25) is 0 Å². The van der Waals surface area contributed by atoms with Crippen LogP contribution < -0.4 is 57.5 Å². The van der Waals surface area contributed by atoms with Gasteiger partial charge in [0.25, 0.3) is 0 Å². The van der Waals surface area contributed by atoms with Crippen LogP contribution in [-0.4, -0.2) is 140 Å². The molecular weight excluding hydrogens is 508 g/mol. The molecule has 0 aromatic heterocycles. The Bertz CT molecular complexity index is 107. The van der Waals surface area contributed by atoms with Crippen LogP contribution in [0, 0.1) is 0 Å². The Labute approximate surface area is 227 Å². The Morgan fingerprint density at radius 2 is 0.300 bits per heavy atom. The first kappa shape index (κ1) is 49.8. The van der Waals surface area contributed by atoms with Crippen molar-refractivity contribution < 1.29 is 91.7 Å². The largest absolute Gasteiger partial charge is 3.00 e. The zero-order chi connectivity index (χ0) is 13.5. The van der Waals surface area contributed by atoms with Crippen molar-refractivity contribution in [2.45, 2.75) is 0 Å². The molecule has 0 aromatic rings. The predicted molar refractivity (Wildman–Crippen MR) is 34.5 cm³/mol. The van der Waals surface area contributed by atoms with Crippen LogP contribution in [0.15, 0.2) is 0 Å². The molecule has 0 atom stereocenters. The topological polar surface area (TPSA) is 277 Å². The first-order valence-corrected chi connectivity index (χ1v) is 7.35. The van der Waals surface area contributed by atoms with Gasteiger partial charge in [-0.25, -0.2) is 0 Å². The quantitative estimate of drug-likeness (QED) is 0.276. The Morgan fingerprint density at radius 3 is 0.300 bits per heavy atom. The average molecular weight is 508 g/mol. The molecule has 0 aromatic carbocycles. The van der Waals surface area contributed by atoms with E-state index in [4.69, 9.17) is 57.5 Å². The molecule has 0 heterocycles. The summed E-state index contributed by atoms with van der Waals surface area (Å²) in [5, 5.41) is 0. The van der Waals surface area contributed by atoms with Gasteiger partial charge < -0.3 is 84.7 Å². The predicted octanol–water partition coefficient (Wildman–Crippen LogP) is -16.6. The summed E-state index contributed by atoms with van der Waals surface area (Å²) in [5.41, 5.74) is 0. The van der Waals surface area contributed by atoms with Crippen molar-refractivity contribution in [2.24, 2.45) is 0 Å². The second-order valence-corrected chi connectivity index (χ2v) is 4.50. The van der Waals surface area contributed by atoms with E-state index in [1.165, 1.54) is 0 Å². The second kappa shape index (κ2) is 24.0. The average Bonchev–Trinajstić information content (AvgIpc) is 1.41. The van der Waals surface area contributed by atoms with Gasteiger partial charge in [-0.1, -0.05) is 0 Å². The molecule has 0 aliphatic rings. The first-order chi connectivity index (χ1) is 6.00. The van der Waals surface area contributed by atoms with Gasteiger partial charge in [-0.05, 0) is 0 Å². The molecule has 20 heavy (non-hydrogen) atoms. The molecule has 0 amide bonds. The molecule has 12 nitrogen and oxygen atoms in total. The normalized spacial score (nSPS) is 9.00. The smallest absolute Gasteiger partial charge is 0.894 e. The van der Waals surface area contributed by atoms with Gasteiger partial charge in [-0.15, -0.1) is 0 Å². The fourth-order valence-electron chi connectivity index (χ4n) is 0. The van der Waals surface area contributed by atoms with Crippen LogP contribution in [0.4, 0.5) is 0 Å². The molecule has 0 aliphatic heterocycles. The number of rotatable bonds is 0. The van der Waals surface area contributed by atoms with E-state index >= 15 is 0 Å². The zero-order valence-electron chi connectivity index (χ0n) is 9.23. The fourth-order valence-corrected chi connectivity index (χ4v) is 0. The molecule has 0 saturated heterocycles. The van der Waals surface area contributed by atoms with E-state index in [0.29, 0.717) is 0 Å². The maximum atomic E-state index is 8.58. The standard InChI is InChI=1S/3Ca.2Fe.3O4Si/c;;;;;3*1-5(2,3)4/q3*+2;2*+3;3*-4. The molecule has 0 aliphatic carbocycles. The van der Waals surface area contributed by atoms with Crippen molar-refractivity contribution in [2.75, 3.05) is 0 Å². The number of hydrogen-bond donors (Lipinski definition) is 0. The SMILES string of the molecule is [Ca+2].[Ca+2].[Ca+2].[Fe+3].[Fe+3].[O-][Si]([O-])([O-])[O-].[O-][Si]([O-])([O-])[O-].[O-][Si]([O-])([O-])[O-]. The van der Waals surface area contributed by atoms with Gasteiger partial charge in [0.05, 0.1) is 0 Å². The van der Waals surface area contributed by atoms with Crippen LogP contribution in [0.5, 0.6) is 0 Å². The third-order valence-electron chi connectivity index (χ3n) is 0. The van der Waals surface area contributed by atoms with E-state index in [1.54, 1.807) is 0 Å². The summed E-state index contributed by atoms with van der Waals surface area (Å²) in [7, 11) is -16.8. The monoisotopic (exact) mass is 508 g/mol. The van der Waals surface area contributed by atoms with E-state index in [-0.39, 0.29) is 147 Å². The summed E-state index contributed by atoms with van der Waals surface area (Å²) in [6.07, 6.45) is 0. The second-order valence-electron chi connectivity index (χ2n) is 1.50. The van der Waals surface area contributed by atoms with Crippen LogP contribution in [0.3, 0.4) is 0 Å². The maximum Gasteiger partial charge on any atom is 3.00 e. The van der Waals surface area contributed by atoms with Crippen LogP contribution in [0.2, 0.25) is 0 Å². The molecular formula is Ca3Fe2O12Si3. The molecule has 0 spiro atoms. The summed E-state index contributed by atoms with van der Waals surface area (Å²) in [6, 6.07) is 0. The molecule has 0 fully saturated rings. The van der Waals surface area contributed by atoms with Crippen molar-refractivity contribution in [1.82, 2.24) is 0 Å². The minimum absolute atomic E-state index is 0. The molecule has 0 rings (SSSR count). The van der Waals surface area contributed by atoms with E-state index in [9.17, 15) is 0 Å². The van der Waals surface area contributed by atoms with Gasteiger partial charge in [0.15, 0.2) is 0 Å². The minimum atomic E-state index is -5.61. The molecule has 106 valence electrons. The van der Waals surface area contributed by atoms with E-state index in [0.717, 1.165) is 0 Å². The first-order valence-electron chi connectivity index (χ1n) is 2.45. The van der Waals surface area contributed by atoms with E-state index in [2.05, 4.69) is 0 Å². The minimum Gasteiger partial charge on any atom is -0.894 e. The number of hydrogen-bond acceptors (Lipinski definition) is 12. The molecule has 20 heteroatoms. The van der Waals surface area contributed by atoms with Gasteiger partial charge in [0, 0.05) is 0 Å². The Balaban J connectivity index is -0.0000000160. The summed E-state index contributed by atoms with van der Waals surface area (Å²) >= 11 is 0. The van der Waals surface area contributed by atoms with Gasteiger partial charge >= 0.3 is 147 Å². The Kier molecular flexibility index (Phi) is 59.8. The molecule has 2 radical (unpaired) electrons. The molecule has 0 unspecified atom stereocenters. The molecule has 0 bridgehead atoms.